The van der Waals surface area contributed by atoms with E-state index in [9.17, 15) is 0 Å². The summed E-state index contributed by atoms with van der Waals surface area (Å²) in [7, 11) is 0. The summed E-state index contributed by atoms with van der Waals surface area (Å²) >= 11 is 0. The molecular formula is C52H37NO. The van der Waals surface area contributed by atoms with Crippen LogP contribution in [-0.4, -0.2) is 0 Å². The third kappa shape index (κ3) is 4.22. The number of fused-ring (bicyclic) bond motifs is 12. The van der Waals surface area contributed by atoms with Gasteiger partial charge in [0.15, 0.2) is 0 Å². The molecule has 1 spiro atoms. The molecule has 11 rings (SSSR count). The average molecular weight is 692 g/mol. The number of furan rings is 1. The van der Waals surface area contributed by atoms with Crippen LogP contribution in [0.15, 0.2) is 192 Å². The molecule has 0 radical (unpaired) electrons. The quantitative estimate of drug-likeness (QED) is 0.183. The zero-order chi connectivity index (χ0) is 36.0. The Morgan fingerprint density at radius 2 is 0.889 bits per heavy atom. The van der Waals surface area contributed by atoms with Crippen LogP contribution < -0.4 is 4.90 Å². The highest BCUT2D eigenvalue weighted by Gasteiger charge is 2.53. The van der Waals surface area contributed by atoms with Crippen LogP contribution in [0.4, 0.5) is 17.1 Å². The second kappa shape index (κ2) is 11.4. The lowest BCUT2D eigenvalue weighted by molar-refractivity contribution is 0.563. The van der Waals surface area contributed by atoms with Gasteiger partial charge in [-0.25, -0.2) is 0 Å². The zero-order valence-electron chi connectivity index (χ0n) is 30.3. The number of hydrogen-bond donors (Lipinski definition) is 0. The monoisotopic (exact) mass is 691 g/mol. The lowest BCUT2D eigenvalue weighted by atomic mass is 9.55. The topological polar surface area (TPSA) is 16.4 Å². The molecule has 8 aromatic carbocycles. The molecule has 1 heterocycles. The molecule has 0 bridgehead atoms. The minimum absolute atomic E-state index is 0.150. The maximum absolute atomic E-state index is 6.30. The molecule has 0 saturated carbocycles. The summed E-state index contributed by atoms with van der Waals surface area (Å²) in [5, 5.41) is 2.23. The first-order valence-corrected chi connectivity index (χ1v) is 18.8. The molecule has 0 fully saturated rings. The van der Waals surface area contributed by atoms with Crippen LogP contribution in [0.1, 0.15) is 47.2 Å². The maximum Gasteiger partial charge on any atom is 0.135 e. The second-order valence-corrected chi connectivity index (χ2v) is 15.3. The van der Waals surface area contributed by atoms with E-state index in [4.69, 9.17) is 4.42 Å². The van der Waals surface area contributed by atoms with Gasteiger partial charge in [0.2, 0.25) is 0 Å². The normalized spacial score (nSPS) is 14.4. The van der Waals surface area contributed by atoms with Crippen molar-refractivity contribution in [1.29, 1.82) is 0 Å². The fraction of sp³-hybridized carbons (Fsp3) is 0.0769. The van der Waals surface area contributed by atoms with Crippen molar-refractivity contribution in [2.45, 2.75) is 24.7 Å². The predicted molar refractivity (Wildman–Crippen MR) is 223 cm³/mol. The molecule has 9 aromatic rings. The predicted octanol–water partition coefficient (Wildman–Crippen LogP) is 13.7. The Kier molecular flexibility index (Phi) is 6.55. The van der Waals surface area contributed by atoms with Crippen LogP contribution >= 0.6 is 0 Å². The third-order valence-corrected chi connectivity index (χ3v) is 12.1. The Morgan fingerprint density at radius 1 is 0.370 bits per heavy atom. The standard InChI is InChI=1S/C52H37NO/c1-51(2)44-19-9-11-21-46(44)52(47-22-12-10-20-45(47)51)43-18-8-6-16-39(43)40-30-28-38(33-48(40)52)53(36-26-24-35(25-27-36)34-14-4-3-5-15-34)37-29-31-50-42(32-37)41-17-7-13-23-49(41)54-50/h3-33H,1-2H3. The van der Waals surface area contributed by atoms with Crippen LogP contribution in [0.3, 0.4) is 0 Å². The summed E-state index contributed by atoms with van der Waals surface area (Å²) < 4.78 is 6.30. The molecule has 0 N–H and O–H groups in total. The van der Waals surface area contributed by atoms with Crippen molar-refractivity contribution in [3.8, 4) is 22.3 Å². The van der Waals surface area contributed by atoms with E-state index in [1.165, 1.54) is 55.6 Å². The van der Waals surface area contributed by atoms with Gasteiger partial charge in [0.05, 0.1) is 5.41 Å². The zero-order valence-corrected chi connectivity index (χ0v) is 30.3. The van der Waals surface area contributed by atoms with E-state index in [1.807, 2.05) is 12.1 Å². The van der Waals surface area contributed by atoms with Gasteiger partial charge < -0.3 is 9.32 Å². The third-order valence-electron chi connectivity index (χ3n) is 12.1. The lowest BCUT2D eigenvalue weighted by Crippen LogP contribution is -2.40. The highest BCUT2D eigenvalue weighted by atomic mass is 16.3. The van der Waals surface area contributed by atoms with Gasteiger partial charge in [0.1, 0.15) is 11.2 Å². The summed E-state index contributed by atoms with van der Waals surface area (Å²) in [5.74, 6) is 0. The first-order valence-electron chi connectivity index (χ1n) is 18.8. The molecule has 1 aromatic heterocycles. The summed E-state index contributed by atoms with van der Waals surface area (Å²) in [6.07, 6.45) is 0. The number of benzene rings is 8. The Morgan fingerprint density at radius 3 is 1.63 bits per heavy atom. The molecule has 256 valence electrons. The molecule has 0 atom stereocenters. The van der Waals surface area contributed by atoms with E-state index in [2.05, 4.69) is 195 Å². The van der Waals surface area contributed by atoms with Crippen molar-refractivity contribution in [3.05, 3.63) is 221 Å². The maximum atomic E-state index is 6.30. The SMILES string of the molecule is CC1(C)c2ccccc2C2(c3ccccc3-c3ccc(N(c4ccc(-c5ccccc5)cc4)c4ccc5oc6ccccc6c5c4)cc32)c2ccccc21. The van der Waals surface area contributed by atoms with Gasteiger partial charge in [0, 0.05) is 33.2 Å². The molecule has 2 aliphatic carbocycles. The second-order valence-electron chi connectivity index (χ2n) is 15.3. The Bertz CT molecular complexity index is 2860. The molecule has 0 saturated heterocycles. The van der Waals surface area contributed by atoms with Gasteiger partial charge in [-0.15, -0.1) is 0 Å². The fourth-order valence-electron chi connectivity index (χ4n) is 9.72. The van der Waals surface area contributed by atoms with Gasteiger partial charge in [0.25, 0.3) is 0 Å². The van der Waals surface area contributed by atoms with E-state index in [1.54, 1.807) is 0 Å². The number of rotatable bonds is 4. The largest absolute Gasteiger partial charge is 0.456 e. The first-order chi connectivity index (χ1) is 26.5. The molecule has 2 aliphatic rings. The van der Waals surface area contributed by atoms with E-state index >= 15 is 0 Å². The Labute approximate surface area is 315 Å². The highest BCUT2D eigenvalue weighted by Crippen LogP contribution is 2.62. The van der Waals surface area contributed by atoms with Crippen LogP contribution in [0.25, 0.3) is 44.2 Å². The number of hydrogen-bond acceptors (Lipinski definition) is 2. The van der Waals surface area contributed by atoms with Crippen molar-refractivity contribution in [2.75, 3.05) is 4.90 Å². The van der Waals surface area contributed by atoms with Crippen molar-refractivity contribution >= 4 is 39.0 Å². The fourth-order valence-corrected chi connectivity index (χ4v) is 9.72. The number of nitrogens with zero attached hydrogens (tertiary/aromatic N) is 1. The van der Waals surface area contributed by atoms with Gasteiger partial charge in [-0.1, -0.05) is 153 Å². The Hall–Kier alpha value is -6.64. The molecule has 2 heteroatoms. The summed E-state index contributed by atoms with van der Waals surface area (Å²) in [4.78, 5) is 2.41. The van der Waals surface area contributed by atoms with E-state index in [0.717, 1.165) is 39.0 Å². The highest BCUT2D eigenvalue weighted by molar-refractivity contribution is 6.06. The Balaban J connectivity index is 1.18. The van der Waals surface area contributed by atoms with Crippen LogP contribution in [-0.2, 0) is 10.8 Å². The number of anilines is 3. The van der Waals surface area contributed by atoms with Crippen molar-refractivity contribution in [2.24, 2.45) is 0 Å². The molecule has 0 amide bonds. The van der Waals surface area contributed by atoms with Gasteiger partial charge >= 0.3 is 0 Å². The molecular weight excluding hydrogens is 655 g/mol. The van der Waals surface area contributed by atoms with E-state index < -0.39 is 5.41 Å². The van der Waals surface area contributed by atoms with Gasteiger partial charge in [-0.2, -0.15) is 0 Å². The van der Waals surface area contributed by atoms with Crippen molar-refractivity contribution in [3.63, 3.8) is 0 Å². The summed E-state index contributed by atoms with van der Waals surface area (Å²) in [5.41, 5.74) is 17.6. The van der Waals surface area contributed by atoms with Crippen LogP contribution in [0, 0.1) is 0 Å². The molecule has 2 nitrogen and oxygen atoms in total. The van der Waals surface area contributed by atoms with Gasteiger partial charge in [-0.3, -0.25) is 0 Å². The summed E-state index contributed by atoms with van der Waals surface area (Å²) in [6, 6.07) is 69.1. The van der Waals surface area contributed by atoms with Crippen LogP contribution in [0.2, 0.25) is 0 Å². The van der Waals surface area contributed by atoms with Gasteiger partial charge in [-0.05, 0) is 104 Å². The molecule has 0 unspecified atom stereocenters. The smallest absolute Gasteiger partial charge is 0.135 e. The van der Waals surface area contributed by atoms with Crippen molar-refractivity contribution < 1.29 is 4.42 Å². The molecule has 0 aliphatic heterocycles. The van der Waals surface area contributed by atoms with Crippen LogP contribution in [0.5, 0.6) is 0 Å². The minimum atomic E-state index is -0.474. The van der Waals surface area contributed by atoms with Crippen molar-refractivity contribution in [1.82, 2.24) is 0 Å². The summed E-state index contributed by atoms with van der Waals surface area (Å²) in [6.45, 7) is 4.76. The van der Waals surface area contributed by atoms with E-state index in [-0.39, 0.29) is 5.41 Å². The lowest BCUT2D eigenvalue weighted by Gasteiger charge is -2.46. The average Bonchev–Trinajstić information content (AvgIpc) is 3.74. The van der Waals surface area contributed by atoms with E-state index in [0.29, 0.717) is 0 Å². The molecule has 54 heavy (non-hydrogen) atoms. The minimum Gasteiger partial charge on any atom is -0.456 e. The number of para-hydroxylation sites is 1. The first kappa shape index (κ1) is 30.9.